The molecule has 0 bridgehead atoms. The lowest BCUT2D eigenvalue weighted by Gasteiger charge is -2.23. The number of hydrogen-bond donors (Lipinski definition) is 2. The summed E-state index contributed by atoms with van der Waals surface area (Å²) in [5, 5.41) is 8.91. The molecule has 0 radical (unpaired) electrons. The van der Waals surface area contributed by atoms with Crippen LogP contribution in [-0.2, 0) is 6.54 Å². The number of nitrogens with two attached hydrogens (primary N) is 1. The summed E-state index contributed by atoms with van der Waals surface area (Å²) in [5.41, 5.74) is 6.24. The Morgan fingerprint density at radius 3 is 2.38 bits per heavy atom. The molecule has 0 aliphatic heterocycles. The first-order valence-corrected chi connectivity index (χ1v) is 8.94. The second kappa shape index (κ2) is 8.27. The van der Waals surface area contributed by atoms with Gasteiger partial charge in [-0.15, -0.1) is 0 Å². The molecule has 146 valence electrons. The largest absolute Gasteiger partial charge is 0.383 e. The molecule has 3 rings (SSSR count). The third-order valence-electron chi connectivity index (χ3n) is 4.49. The number of nitriles is 1. The highest BCUT2D eigenvalue weighted by molar-refractivity contribution is 6.07. The van der Waals surface area contributed by atoms with Gasteiger partial charge >= 0.3 is 5.69 Å². The summed E-state index contributed by atoms with van der Waals surface area (Å²) in [6, 6.07) is 17.2. The summed E-state index contributed by atoms with van der Waals surface area (Å²) in [6.07, 6.45) is 0. The molecule has 0 spiro atoms. The van der Waals surface area contributed by atoms with Gasteiger partial charge in [-0.1, -0.05) is 30.3 Å². The average molecular weight is 389 g/mol. The number of aromatic nitrogens is 2. The third-order valence-corrected chi connectivity index (χ3v) is 4.49. The van der Waals surface area contributed by atoms with Crippen molar-refractivity contribution in [2.75, 3.05) is 17.2 Å². The Morgan fingerprint density at radius 1 is 1.14 bits per heavy atom. The maximum atomic E-state index is 13.0. The van der Waals surface area contributed by atoms with Crippen LogP contribution in [0.4, 0.5) is 11.5 Å². The topological polar surface area (TPSA) is 125 Å². The first kappa shape index (κ1) is 19.6. The summed E-state index contributed by atoms with van der Waals surface area (Å²) in [4.78, 5) is 41.3. The number of nitrogen functional groups attached to an aromatic ring is 1. The number of nitrogens with one attached hydrogen (secondary N) is 1. The van der Waals surface area contributed by atoms with E-state index in [9.17, 15) is 14.4 Å². The Labute approximate surface area is 166 Å². The van der Waals surface area contributed by atoms with Gasteiger partial charge in [0.2, 0.25) is 0 Å². The minimum absolute atomic E-state index is 0.0857. The van der Waals surface area contributed by atoms with Gasteiger partial charge < -0.3 is 10.6 Å². The van der Waals surface area contributed by atoms with Crippen molar-refractivity contribution >= 4 is 17.4 Å². The van der Waals surface area contributed by atoms with Crippen LogP contribution in [0.3, 0.4) is 0 Å². The van der Waals surface area contributed by atoms with Gasteiger partial charge in [-0.25, -0.2) is 4.79 Å². The number of rotatable bonds is 5. The average Bonchev–Trinajstić information content (AvgIpc) is 2.74. The van der Waals surface area contributed by atoms with Crippen LogP contribution in [0.25, 0.3) is 0 Å². The van der Waals surface area contributed by atoms with Crippen LogP contribution in [0.1, 0.15) is 28.4 Å². The Morgan fingerprint density at radius 2 is 1.79 bits per heavy atom. The second-order valence-corrected chi connectivity index (χ2v) is 6.30. The fraction of sp³-hybridized carbons (Fsp3) is 0.143. The predicted molar refractivity (Wildman–Crippen MR) is 110 cm³/mol. The highest BCUT2D eigenvalue weighted by atomic mass is 16.2. The zero-order valence-corrected chi connectivity index (χ0v) is 15.8. The first-order valence-electron chi connectivity index (χ1n) is 8.94. The number of aromatic amines is 1. The van der Waals surface area contributed by atoms with E-state index in [4.69, 9.17) is 11.0 Å². The summed E-state index contributed by atoms with van der Waals surface area (Å²) < 4.78 is 1.22. The molecular weight excluding hydrogens is 370 g/mol. The van der Waals surface area contributed by atoms with Gasteiger partial charge in [0.25, 0.3) is 11.5 Å². The van der Waals surface area contributed by atoms with Crippen LogP contribution >= 0.6 is 0 Å². The Bertz CT molecular complexity index is 1190. The van der Waals surface area contributed by atoms with E-state index in [1.807, 2.05) is 36.4 Å². The maximum absolute atomic E-state index is 13.0. The molecule has 29 heavy (non-hydrogen) atoms. The Hall–Kier alpha value is -4.12. The first-order chi connectivity index (χ1) is 14.0. The van der Waals surface area contributed by atoms with E-state index in [0.29, 0.717) is 11.1 Å². The third kappa shape index (κ3) is 3.94. The highest BCUT2D eigenvalue weighted by Crippen LogP contribution is 2.20. The monoisotopic (exact) mass is 389 g/mol. The van der Waals surface area contributed by atoms with E-state index < -0.39 is 17.2 Å². The van der Waals surface area contributed by atoms with E-state index in [0.717, 1.165) is 5.56 Å². The minimum atomic E-state index is -0.736. The summed E-state index contributed by atoms with van der Waals surface area (Å²) in [5.74, 6) is -0.550. The van der Waals surface area contributed by atoms with Crippen LogP contribution in [0.2, 0.25) is 0 Å². The maximum Gasteiger partial charge on any atom is 0.330 e. The molecule has 0 fully saturated rings. The Balaban J connectivity index is 2.06. The van der Waals surface area contributed by atoms with Crippen molar-refractivity contribution in [2.45, 2.75) is 13.5 Å². The van der Waals surface area contributed by atoms with Gasteiger partial charge in [-0.05, 0) is 36.8 Å². The number of nitrogens with zero attached hydrogens (tertiary/aromatic N) is 3. The number of amides is 1. The van der Waals surface area contributed by atoms with Crippen LogP contribution < -0.4 is 21.9 Å². The van der Waals surface area contributed by atoms with E-state index in [-0.39, 0.29) is 24.6 Å². The van der Waals surface area contributed by atoms with Gasteiger partial charge in [-0.2, -0.15) is 5.26 Å². The van der Waals surface area contributed by atoms with Crippen LogP contribution in [0, 0.1) is 11.3 Å². The molecule has 1 aromatic heterocycles. The molecule has 2 aromatic carbocycles. The van der Waals surface area contributed by atoms with Crippen molar-refractivity contribution in [3.05, 3.63) is 92.1 Å². The lowest BCUT2D eigenvalue weighted by atomic mass is 10.1. The summed E-state index contributed by atoms with van der Waals surface area (Å²) in [6.45, 7) is 2.01. The summed E-state index contributed by atoms with van der Waals surface area (Å²) >= 11 is 0. The number of anilines is 2. The van der Waals surface area contributed by atoms with E-state index in [2.05, 4.69) is 4.98 Å². The Kier molecular flexibility index (Phi) is 5.60. The number of carbonyl (C=O) groups excluding carboxylic acids is 1. The lowest BCUT2D eigenvalue weighted by Crippen LogP contribution is -2.41. The normalized spacial score (nSPS) is 10.3. The van der Waals surface area contributed by atoms with Crippen LogP contribution in [-0.4, -0.2) is 22.0 Å². The smallest absolute Gasteiger partial charge is 0.330 e. The minimum Gasteiger partial charge on any atom is -0.383 e. The molecule has 1 heterocycles. The molecule has 8 heteroatoms. The molecule has 0 unspecified atom stereocenters. The second-order valence-electron chi connectivity index (χ2n) is 6.30. The van der Waals surface area contributed by atoms with Gasteiger partial charge in [0.05, 0.1) is 18.2 Å². The molecule has 8 nitrogen and oxygen atoms in total. The van der Waals surface area contributed by atoms with Gasteiger partial charge in [0, 0.05) is 12.1 Å². The number of hydrogen-bond acceptors (Lipinski definition) is 5. The van der Waals surface area contributed by atoms with Crippen molar-refractivity contribution in [1.82, 2.24) is 9.55 Å². The zero-order chi connectivity index (χ0) is 21.0. The highest BCUT2D eigenvalue weighted by Gasteiger charge is 2.24. The molecule has 3 aromatic rings. The van der Waals surface area contributed by atoms with Crippen molar-refractivity contribution in [2.24, 2.45) is 0 Å². The summed E-state index contributed by atoms with van der Waals surface area (Å²) in [7, 11) is 0. The molecule has 0 aliphatic rings. The fourth-order valence-corrected chi connectivity index (χ4v) is 3.01. The quantitative estimate of drug-likeness (QED) is 0.687. The fourth-order valence-electron chi connectivity index (χ4n) is 3.01. The van der Waals surface area contributed by atoms with Crippen molar-refractivity contribution in [3.63, 3.8) is 0 Å². The zero-order valence-electron chi connectivity index (χ0n) is 15.8. The standard InChI is InChI=1S/C21H19N5O3/c1-2-25(20(28)16-10-8-14(12-22)9-11-16)17-18(23)26(21(29)24-19(17)27)13-15-6-4-3-5-7-15/h3-11H,2,13,23H2,1H3,(H,24,27,29). The molecular formula is C21H19N5O3. The predicted octanol–water partition coefficient (Wildman–Crippen LogP) is 1.71. The molecule has 0 saturated carbocycles. The van der Waals surface area contributed by atoms with E-state index in [1.165, 1.54) is 33.7 Å². The van der Waals surface area contributed by atoms with Crippen LogP contribution in [0.5, 0.6) is 0 Å². The molecule has 0 saturated heterocycles. The molecule has 0 atom stereocenters. The van der Waals surface area contributed by atoms with Crippen molar-refractivity contribution in [3.8, 4) is 6.07 Å². The van der Waals surface area contributed by atoms with Crippen molar-refractivity contribution in [1.29, 1.82) is 5.26 Å². The number of benzene rings is 2. The van der Waals surface area contributed by atoms with Gasteiger partial charge in [0.1, 0.15) is 5.82 Å². The lowest BCUT2D eigenvalue weighted by molar-refractivity contribution is 0.0988. The number of carbonyl (C=O) groups is 1. The van der Waals surface area contributed by atoms with Gasteiger partial charge in [0.15, 0.2) is 5.69 Å². The van der Waals surface area contributed by atoms with Crippen LogP contribution in [0.15, 0.2) is 64.2 Å². The van der Waals surface area contributed by atoms with Crippen molar-refractivity contribution < 1.29 is 4.79 Å². The van der Waals surface area contributed by atoms with E-state index in [1.54, 1.807) is 6.92 Å². The molecule has 0 aliphatic carbocycles. The van der Waals surface area contributed by atoms with Gasteiger partial charge in [-0.3, -0.25) is 19.1 Å². The molecule has 1 amide bonds. The van der Waals surface area contributed by atoms with E-state index >= 15 is 0 Å². The molecule has 3 N–H and O–H groups in total. The SMILES string of the molecule is CCN(C(=O)c1ccc(C#N)cc1)c1c(N)n(Cc2ccccc2)c(=O)[nH]c1=O. The number of H-pyrrole nitrogens is 1.